The minimum absolute atomic E-state index is 0.772. The molecule has 5 nitrogen and oxygen atoms in total. The van der Waals surface area contributed by atoms with Gasteiger partial charge in [-0.1, -0.05) is 0 Å². The van der Waals surface area contributed by atoms with Crippen LogP contribution < -0.4 is 0 Å². The monoisotopic (exact) mass is 151 g/mol. The number of aliphatic hydroxyl groups excluding tert-OH is 4. The molecule has 0 heterocycles. The van der Waals surface area contributed by atoms with Gasteiger partial charge in [-0.25, -0.2) is 0 Å². The first-order valence-corrected chi connectivity index (χ1v) is 2.66. The Morgan fingerprint density at radius 1 is 1.50 bits per heavy atom. The van der Waals surface area contributed by atoms with Gasteiger partial charge in [0.2, 0.25) is 0 Å². The summed E-state index contributed by atoms with van der Waals surface area (Å²) in [5.74, 6) is 0. The summed E-state index contributed by atoms with van der Waals surface area (Å²) in [5.41, 5.74) is 0. The lowest BCUT2D eigenvalue weighted by atomic mass is 10.1. The third kappa shape index (κ3) is 2.40. The number of carbonyl (C=O) groups excluding carboxylic acids is 1. The highest BCUT2D eigenvalue weighted by atomic mass is 16.4. The zero-order valence-corrected chi connectivity index (χ0v) is 5.14. The van der Waals surface area contributed by atoms with Crippen molar-refractivity contribution in [1.29, 1.82) is 0 Å². The number of aliphatic hydroxyl groups is 4. The Kier molecular flexibility index (Phi) is 3.31. The standard InChI is InChI=1S/C5H10O5/c6-1-3(8)5(10)4(9)2-7/h1,3-5,7-10H,2H2/t3-,4+,5-/m0/s1/i1D. The molecule has 0 aromatic heterocycles. The van der Waals surface area contributed by atoms with E-state index < -0.39 is 31.2 Å². The zero-order valence-electron chi connectivity index (χ0n) is 6.14. The van der Waals surface area contributed by atoms with Crippen molar-refractivity contribution < 1.29 is 26.6 Å². The lowest BCUT2D eigenvalue weighted by molar-refractivity contribution is -0.127. The van der Waals surface area contributed by atoms with Gasteiger partial charge in [0.05, 0.1) is 6.61 Å². The van der Waals surface area contributed by atoms with Crippen molar-refractivity contribution in [2.75, 3.05) is 6.61 Å². The Morgan fingerprint density at radius 2 is 2.00 bits per heavy atom. The third-order valence-corrected chi connectivity index (χ3v) is 1.03. The summed E-state index contributed by atoms with van der Waals surface area (Å²) in [6, 6.07) is 0. The van der Waals surface area contributed by atoms with Crippen molar-refractivity contribution in [1.82, 2.24) is 0 Å². The van der Waals surface area contributed by atoms with Crippen LogP contribution >= 0.6 is 0 Å². The van der Waals surface area contributed by atoms with E-state index in [4.69, 9.17) is 21.8 Å². The van der Waals surface area contributed by atoms with E-state index >= 15 is 0 Å². The topological polar surface area (TPSA) is 98.0 Å². The number of aldehydes is 1. The summed E-state index contributed by atoms with van der Waals surface area (Å²) < 4.78 is 6.34. The molecule has 0 spiro atoms. The van der Waals surface area contributed by atoms with Crippen molar-refractivity contribution >= 4 is 6.26 Å². The summed E-state index contributed by atoms with van der Waals surface area (Å²) in [5, 5.41) is 34.3. The van der Waals surface area contributed by atoms with Crippen molar-refractivity contribution in [3.63, 3.8) is 0 Å². The van der Waals surface area contributed by atoms with E-state index in [0.29, 0.717) is 0 Å². The van der Waals surface area contributed by atoms with Gasteiger partial charge in [-0.2, -0.15) is 0 Å². The maximum atomic E-state index is 10.1. The van der Waals surface area contributed by atoms with Gasteiger partial charge in [-0.3, -0.25) is 0 Å². The van der Waals surface area contributed by atoms with Gasteiger partial charge in [-0.05, 0) is 0 Å². The maximum absolute atomic E-state index is 10.1. The fourth-order valence-electron chi connectivity index (χ4n) is 0.388. The van der Waals surface area contributed by atoms with E-state index in [9.17, 15) is 4.79 Å². The summed E-state index contributed by atoms with van der Waals surface area (Å²) in [6.07, 6.45) is -6.76. The van der Waals surface area contributed by atoms with E-state index in [1.165, 1.54) is 0 Å². The van der Waals surface area contributed by atoms with E-state index in [1.807, 2.05) is 0 Å². The Hall–Kier alpha value is -0.490. The number of carbonyl (C=O) groups is 1. The molecule has 0 bridgehead atoms. The van der Waals surface area contributed by atoms with Crippen molar-refractivity contribution in [3.05, 3.63) is 0 Å². The molecule has 4 N–H and O–H groups in total. The third-order valence-electron chi connectivity index (χ3n) is 1.03. The highest BCUT2D eigenvalue weighted by Gasteiger charge is 2.22. The number of hydrogen-bond donors (Lipinski definition) is 4. The van der Waals surface area contributed by atoms with E-state index in [0.717, 1.165) is 0 Å². The molecule has 0 aliphatic heterocycles. The summed E-state index contributed by atoms with van der Waals surface area (Å²) in [7, 11) is 0. The normalized spacial score (nSPS) is 21.0. The summed E-state index contributed by atoms with van der Waals surface area (Å²) >= 11 is 0. The van der Waals surface area contributed by atoms with Crippen LogP contribution in [0.2, 0.25) is 0 Å². The van der Waals surface area contributed by atoms with Gasteiger partial charge in [-0.15, -0.1) is 0 Å². The number of hydrogen-bond acceptors (Lipinski definition) is 5. The second kappa shape index (κ2) is 4.35. The van der Waals surface area contributed by atoms with Gasteiger partial charge in [0.15, 0.2) is 6.26 Å². The molecular weight excluding hydrogens is 140 g/mol. The van der Waals surface area contributed by atoms with Crippen LogP contribution in [0.4, 0.5) is 0 Å². The highest BCUT2D eigenvalue weighted by molar-refractivity contribution is 5.56. The molecule has 0 fully saturated rings. The first kappa shape index (κ1) is 7.62. The average Bonchev–Trinajstić information content (AvgIpc) is 2.00. The maximum Gasteiger partial charge on any atom is 0.151 e. The Balaban J connectivity index is 4.00. The van der Waals surface area contributed by atoms with E-state index in [1.54, 1.807) is 0 Å². The van der Waals surface area contributed by atoms with Crippen LogP contribution in [0.3, 0.4) is 0 Å². The molecule has 0 radical (unpaired) electrons. The Labute approximate surface area is 58.9 Å². The molecule has 60 valence electrons. The highest BCUT2D eigenvalue weighted by Crippen LogP contribution is 1.96. The molecule has 0 amide bonds. The van der Waals surface area contributed by atoms with Crippen LogP contribution in [0.5, 0.6) is 0 Å². The second-order valence-electron chi connectivity index (χ2n) is 1.80. The van der Waals surface area contributed by atoms with Crippen LogP contribution in [-0.4, -0.2) is 51.6 Å². The molecule has 0 aromatic carbocycles. The predicted octanol–water partition coefficient (Wildman–Crippen LogP) is -2.74. The lowest BCUT2D eigenvalue weighted by Gasteiger charge is -2.16. The first-order chi connectivity index (χ1) is 5.00. The SMILES string of the molecule is [2H]C(=O)[C@H](O)[C@H](O)[C@H](O)CO. The lowest BCUT2D eigenvalue weighted by Crippen LogP contribution is -2.40. The van der Waals surface area contributed by atoms with E-state index in [2.05, 4.69) is 0 Å². The van der Waals surface area contributed by atoms with Gasteiger partial charge < -0.3 is 25.2 Å². The summed E-state index contributed by atoms with van der Waals surface area (Å²) in [4.78, 5) is 10.1. The van der Waals surface area contributed by atoms with Gasteiger partial charge in [0.25, 0.3) is 0 Å². The van der Waals surface area contributed by atoms with Crippen molar-refractivity contribution in [2.24, 2.45) is 0 Å². The molecule has 0 saturated carbocycles. The van der Waals surface area contributed by atoms with Gasteiger partial charge >= 0.3 is 0 Å². The predicted molar refractivity (Wildman–Crippen MR) is 31.2 cm³/mol. The molecule has 0 aliphatic carbocycles. The molecule has 0 saturated heterocycles. The van der Waals surface area contributed by atoms with Gasteiger partial charge in [0.1, 0.15) is 19.7 Å². The fraction of sp³-hybridized carbons (Fsp3) is 0.800. The molecule has 0 unspecified atom stereocenters. The van der Waals surface area contributed by atoms with Crippen LogP contribution in [0.1, 0.15) is 1.37 Å². The minimum Gasteiger partial charge on any atom is -0.394 e. The van der Waals surface area contributed by atoms with E-state index in [-0.39, 0.29) is 0 Å². The fourth-order valence-corrected chi connectivity index (χ4v) is 0.388. The van der Waals surface area contributed by atoms with Crippen molar-refractivity contribution in [2.45, 2.75) is 18.3 Å². The quantitative estimate of drug-likeness (QED) is 0.327. The molecule has 0 aliphatic rings. The van der Waals surface area contributed by atoms with Crippen LogP contribution in [0, 0.1) is 0 Å². The smallest absolute Gasteiger partial charge is 0.151 e. The number of rotatable bonds is 4. The largest absolute Gasteiger partial charge is 0.394 e. The summed E-state index contributed by atoms with van der Waals surface area (Å²) in [6.45, 7) is -0.772. The molecule has 0 rings (SSSR count). The molecule has 0 aromatic rings. The first-order valence-electron chi connectivity index (χ1n) is 3.16. The Bertz CT molecular complexity index is 139. The molecular formula is C5H10O5. The van der Waals surface area contributed by atoms with Crippen LogP contribution in [0.25, 0.3) is 0 Å². The van der Waals surface area contributed by atoms with Crippen LogP contribution in [0.15, 0.2) is 0 Å². The Morgan fingerprint density at radius 3 is 2.30 bits per heavy atom. The minimum atomic E-state index is -1.96. The van der Waals surface area contributed by atoms with Crippen molar-refractivity contribution in [3.8, 4) is 0 Å². The average molecular weight is 151 g/mol. The molecule has 10 heavy (non-hydrogen) atoms. The molecule has 5 heteroatoms. The van der Waals surface area contributed by atoms with Crippen LogP contribution in [-0.2, 0) is 4.79 Å². The van der Waals surface area contributed by atoms with Gasteiger partial charge in [0, 0.05) is 0 Å². The second-order valence-corrected chi connectivity index (χ2v) is 1.80. The zero-order chi connectivity index (χ0) is 9.02. The molecule has 3 atom stereocenters.